The number of carbonyl (C=O) groups excluding carboxylic acids is 7. The van der Waals surface area contributed by atoms with Crippen LogP contribution >= 0.6 is 0 Å². The molecule has 32 heteroatoms. The smallest absolute Gasteiger partial charge is 0.420 e. The van der Waals surface area contributed by atoms with Crippen LogP contribution in [0.3, 0.4) is 0 Å². The molecule has 5 amide bonds. The first-order valence-electron chi connectivity index (χ1n) is 34.6. The van der Waals surface area contributed by atoms with E-state index in [1.165, 1.54) is 55.6 Å². The summed E-state index contributed by atoms with van der Waals surface area (Å²) in [5.41, 5.74) is 21.7. The number of hydrogen-bond acceptors (Lipinski definition) is 23. The first-order valence-corrected chi connectivity index (χ1v) is 34.6. The van der Waals surface area contributed by atoms with Gasteiger partial charge in [-0.15, -0.1) is 0 Å². The highest BCUT2D eigenvalue weighted by molar-refractivity contribution is 6.02. The summed E-state index contributed by atoms with van der Waals surface area (Å²) in [4.78, 5) is 132. The van der Waals surface area contributed by atoms with Gasteiger partial charge >= 0.3 is 24.1 Å². The van der Waals surface area contributed by atoms with Gasteiger partial charge in [0.2, 0.25) is 17.8 Å². The molecule has 10 N–H and O–H groups in total. The number of ether oxygens (including phenoxy) is 4. The fraction of sp³-hybridized carbons (Fsp3) is 0.200. The third kappa shape index (κ3) is 21.5. The number of nitrogen functional groups attached to an aromatic ring is 2. The fourth-order valence-electron chi connectivity index (χ4n) is 11.2. The summed E-state index contributed by atoms with van der Waals surface area (Å²) >= 11 is 0. The number of primary amides is 1. The lowest BCUT2D eigenvalue weighted by molar-refractivity contribution is -0.146. The molecule has 576 valence electrons. The highest BCUT2D eigenvalue weighted by Gasteiger charge is 2.43. The molecule has 29 nitrogen and oxygen atoms in total. The molecule has 0 radical (unpaired) electrons. The molecule has 3 atom stereocenters. The van der Waals surface area contributed by atoms with Crippen molar-refractivity contribution in [1.82, 2.24) is 60.4 Å². The minimum absolute atomic E-state index is 0.00720. The van der Waals surface area contributed by atoms with E-state index in [1.54, 1.807) is 215 Å². The van der Waals surface area contributed by atoms with Gasteiger partial charge in [0.05, 0.1) is 56.6 Å². The zero-order valence-corrected chi connectivity index (χ0v) is 61.9. The second-order valence-electron chi connectivity index (χ2n) is 26.7. The molecular formula is C80H79F3N18O11. The van der Waals surface area contributed by atoms with Crippen molar-refractivity contribution in [1.29, 1.82) is 0 Å². The normalized spacial score (nSPS) is 11.9. The fourth-order valence-corrected chi connectivity index (χ4v) is 11.2. The third-order valence-corrected chi connectivity index (χ3v) is 16.3. The van der Waals surface area contributed by atoms with Crippen LogP contribution in [0, 0.1) is 17.5 Å². The number of nitrogens with one attached hydrogen (secondary N) is 4. The Morgan fingerprint density at radius 2 is 0.812 bits per heavy atom. The largest absolute Gasteiger partial charge is 0.467 e. The number of aromatic nitrogens is 9. The van der Waals surface area contributed by atoms with Crippen molar-refractivity contribution in [2.45, 2.75) is 70.9 Å². The zero-order valence-electron chi connectivity index (χ0n) is 61.9. The van der Waals surface area contributed by atoms with E-state index in [0.29, 0.717) is 67.6 Å². The lowest BCUT2D eigenvalue weighted by Crippen LogP contribution is -2.55. The molecule has 112 heavy (non-hydrogen) atoms. The van der Waals surface area contributed by atoms with Crippen LogP contribution in [0.15, 0.2) is 219 Å². The van der Waals surface area contributed by atoms with E-state index in [4.69, 9.17) is 36.1 Å². The molecule has 0 saturated heterocycles. The molecule has 0 saturated carbocycles. The van der Waals surface area contributed by atoms with Crippen LogP contribution in [-0.2, 0) is 33.3 Å². The highest BCUT2D eigenvalue weighted by Crippen LogP contribution is 2.31. The van der Waals surface area contributed by atoms with Gasteiger partial charge in [-0.25, -0.2) is 67.2 Å². The number of nitrogens with zero attached hydrogens (tertiary/aromatic N) is 11. The van der Waals surface area contributed by atoms with Gasteiger partial charge in [0.1, 0.15) is 58.2 Å². The Kier molecular flexibility index (Phi) is 25.8. The maximum Gasteiger partial charge on any atom is 0.420 e. The first kappa shape index (κ1) is 80.2. The summed E-state index contributed by atoms with van der Waals surface area (Å²) in [7, 11) is 2.39. The summed E-state index contributed by atoms with van der Waals surface area (Å²) < 4.78 is 61.5. The van der Waals surface area contributed by atoms with Gasteiger partial charge in [0.15, 0.2) is 6.04 Å². The van der Waals surface area contributed by atoms with Gasteiger partial charge < -0.3 is 71.4 Å². The van der Waals surface area contributed by atoms with E-state index in [2.05, 4.69) is 55.5 Å². The molecule has 0 spiro atoms. The number of hydrogen-bond donors (Lipinski definition) is 7. The number of aromatic amines is 2. The molecule has 0 aliphatic heterocycles. The van der Waals surface area contributed by atoms with E-state index < -0.39 is 88.6 Å². The molecule has 12 rings (SSSR count). The lowest BCUT2D eigenvalue weighted by atomic mass is 10.1. The number of anilines is 8. The monoisotopic (exact) mass is 1520 g/mol. The third-order valence-electron chi connectivity index (χ3n) is 16.3. The van der Waals surface area contributed by atoms with E-state index >= 15 is 0 Å². The van der Waals surface area contributed by atoms with Gasteiger partial charge in [-0.3, -0.25) is 14.4 Å². The second kappa shape index (κ2) is 36.0. The molecule has 3 unspecified atom stereocenters. The number of H-pyrrole nitrogens is 2. The zero-order chi connectivity index (χ0) is 80.4. The Hall–Kier alpha value is -14.3. The molecule has 12 aromatic rings. The highest BCUT2D eigenvalue weighted by atomic mass is 19.1. The van der Waals surface area contributed by atoms with Gasteiger partial charge in [-0.05, 0) is 211 Å². The summed E-state index contributed by atoms with van der Waals surface area (Å²) in [5, 5.41) is 7.03. The number of halogens is 3. The van der Waals surface area contributed by atoms with Crippen LogP contribution < -0.4 is 42.5 Å². The number of esters is 2. The van der Waals surface area contributed by atoms with E-state index in [-0.39, 0.29) is 31.5 Å². The maximum atomic E-state index is 13.6. The lowest BCUT2D eigenvalue weighted by Gasteiger charge is -2.35. The minimum atomic E-state index is -1.49. The number of rotatable bonds is 22. The Morgan fingerprint density at radius 1 is 0.446 bits per heavy atom. The van der Waals surface area contributed by atoms with Crippen molar-refractivity contribution < 1.29 is 65.7 Å². The maximum absolute atomic E-state index is 13.6. The van der Waals surface area contributed by atoms with Crippen LogP contribution in [-0.4, -0.2) is 155 Å². The number of benzene rings is 5. The van der Waals surface area contributed by atoms with Crippen LogP contribution in [0.1, 0.15) is 62.3 Å². The van der Waals surface area contributed by atoms with E-state index in [0.717, 1.165) is 34.6 Å². The quantitative estimate of drug-likeness (QED) is 0.0245. The van der Waals surface area contributed by atoms with Crippen molar-refractivity contribution in [2.75, 3.05) is 60.0 Å². The molecule has 7 heterocycles. The number of carbonyl (C=O) groups is 7. The molecule has 5 aromatic carbocycles. The average molecular weight is 1530 g/mol. The van der Waals surface area contributed by atoms with E-state index in [1.807, 2.05) is 12.1 Å². The summed E-state index contributed by atoms with van der Waals surface area (Å²) in [6.07, 6.45) is 5.71. The number of imide groups is 1. The number of fused-ring (bicyclic) bond motifs is 2. The Bertz CT molecular complexity index is 5240. The molecular weight excluding hydrogens is 1450 g/mol. The second-order valence-corrected chi connectivity index (χ2v) is 26.7. The van der Waals surface area contributed by atoms with Crippen molar-refractivity contribution >= 4 is 110 Å². The van der Waals surface area contributed by atoms with Gasteiger partial charge in [0, 0.05) is 81.0 Å². The van der Waals surface area contributed by atoms with Crippen molar-refractivity contribution in [3.63, 3.8) is 0 Å². The van der Waals surface area contributed by atoms with Gasteiger partial charge in [-0.1, -0.05) is 18.2 Å². The van der Waals surface area contributed by atoms with Crippen molar-refractivity contribution in [3.8, 4) is 22.8 Å². The first-order chi connectivity index (χ1) is 53.5. The van der Waals surface area contributed by atoms with Crippen LogP contribution in [0.2, 0.25) is 0 Å². The summed E-state index contributed by atoms with van der Waals surface area (Å²) in [5.74, 6) is -2.75. The van der Waals surface area contributed by atoms with E-state index in [9.17, 15) is 46.7 Å². The predicted molar refractivity (Wildman–Crippen MR) is 414 cm³/mol. The average Bonchev–Trinajstić information content (AvgIpc) is 1.48. The minimum Gasteiger partial charge on any atom is -0.467 e. The van der Waals surface area contributed by atoms with Crippen LogP contribution in [0.4, 0.5) is 69.2 Å². The molecule has 0 bridgehead atoms. The van der Waals surface area contributed by atoms with Gasteiger partial charge in [-0.2, -0.15) is 4.90 Å². The number of amides is 5. The van der Waals surface area contributed by atoms with Crippen LogP contribution in [0.25, 0.3) is 44.6 Å². The molecule has 0 aliphatic carbocycles. The molecule has 0 fully saturated rings. The Labute approximate surface area is 640 Å². The summed E-state index contributed by atoms with van der Waals surface area (Å²) in [6, 6.07) is 46.4. The van der Waals surface area contributed by atoms with Crippen molar-refractivity contribution in [3.05, 3.63) is 248 Å². The summed E-state index contributed by atoms with van der Waals surface area (Å²) in [6.45, 7) is 9.48. The SMILES string of the molecule is COC(=O)C(CN(c1ccc(F)cc1)c1ccccn1)N(C(=O)OC(C)(C)C)C(=O)OC(C)(C)C.COC(=O)C(CN(c1ccc(F)cc1)c1ccccn1)NC(=O)c1ccc2[nH]c(-c3ccnc(N)n3)cc2c1.NC(=O)C(CN(c1ccc(F)cc1)c1ccccn1)NC(=O)c1ccc2[nH]c(-c3ccnc(N)n3)cc2c1. The number of nitrogens with two attached hydrogens (primary N) is 3. The number of pyridine rings is 3. The topological polar surface area (TPSA) is 393 Å². The Morgan fingerprint density at radius 3 is 1.15 bits per heavy atom. The predicted octanol–water partition coefficient (Wildman–Crippen LogP) is 12.1. The number of methoxy groups -OCH3 is 2. The Balaban J connectivity index is 0.000000179. The van der Waals surface area contributed by atoms with Crippen molar-refractivity contribution in [2.24, 2.45) is 5.73 Å². The molecule has 0 aliphatic rings. The standard InChI is InChI=1S/C28H24FN7O3.C27H23FN8O2.C25H32FN3O6/c1-39-27(38)24(16-36(25-4-2-3-12-31-25)20-8-6-19(29)7-9-20)34-26(37)17-5-10-21-18(14-17)15-23(33-21)22-11-13-32-28(30)35-22;28-18-5-7-19(8-6-18)36(24-3-1-2-11-31-24)15-23(25(29)37)34-26(38)16-4-9-20-17(13-16)14-22(33-20)21-10-12-32-27(30)35-21;1-24(2,3)34-22(31)29(23(32)35-25(4,5)6)19(21(30)33-7)16-28(20-10-8-9-15-27-20)18-13-11-17(26)12-14-18/h2-15,24,33H,16H2,1H3,(H,34,37)(H2,30,32,35);1-14,23,33H,15H2,(H2,29,37)(H,34,38)(H2,30,32,35);8-15,19H,16H2,1-7H3. The van der Waals surface area contributed by atoms with Crippen LogP contribution in [0.5, 0.6) is 0 Å². The van der Waals surface area contributed by atoms with Gasteiger partial charge in [0.25, 0.3) is 11.8 Å². The molecule has 7 aromatic heterocycles.